The Balaban J connectivity index is 2.60. The third-order valence-corrected chi connectivity index (χ3v) is 2.52. The molecule has 0 aliphatic rings. The lowest BCUT2D eigenvalue weighted by atomic mass is 10.3. The van der Waals surface area contributed by atoms with Gasteiger partial charge in [0.25, 0.3) is 0 Å². The molecule has 0 unspecified atom stereocenters. The highest BCUT2D eigenvalue weighted by atomic mass is 16.5. The second-order valence-corrected chi connectivity index (χ2v) is 3.93. The van der Waals surface area contributed by atoms with Gasteiger partial charge in [0.2, 0.25) is 0 Å². The van der Waals surface area contributed by atoms with Crippen molar-refractivity contribution in [2.75, 3.05) is 32.1 Å². The molecule has 1 rings (SSSR count). The van der Waals surface area contributed by atoms with Gasteiger partial charge in [-0.25, -0.2) is 4.79 Å². The SMILES string of the molecule is CCCN(CCN)C(=O)Nc1ccc(OC)cc1. The molecular formula is C13H21N3O2. The zero-order chi connectivity index (χ0) is 13.4. The van der Waals surface area contributed by atoms with E-state index in [2.05, 4.69) is 5.32 Å². The number of nitrogens with two attached hydrogens (primary N) is 1. The summed E-state index contributed by atoms with van der Waals surface area (Å²) in [5.41, 5.74) is 6.24. The number of ether oxygens (including phenoxy) is 1. The number of amides is 2. The molecule has 0 saturated heterocycles. The molecule has 0 atom stereocenters. The summed E-state index contributed by atoms with van der Waals surface area (Å²) in [6.45, 7) is 3.77. The highest BCUT2D eigenvalue weighted by Crippen LogP contribution is 2.15. The molecular weight excluding hydrogens is 230 g/mol. The summed E-state index contributed by atoms with van der Waals surface area (Å²) in [4.78, 5) is 13.7. The van der Waals surface area contributed by atoms with Crippen molar-refractivity contribution in [3.8, 4) is 5.75 Å². The fourth-order valence-corrected chi connectivity index (χ4v) is 1.62. The third-order valence-electron chi connectivity index (χ3n) is 2.52. The summed E-state index contributed by atoms with van der Waals surface area (Å²) >= 11 is 0. The zero-order valence-corrected chi connectivity index (χ0v) is 11.0. The first kappa shape index (κ1) is 14.3. The average molecular weight is 251 g/mol. The van der Waals surface area contributed by atoms with Crippen LogP contribution in [0.5, 0.6) is 5.75 Å². The van der Waals surface area contributed by atoms with E-state index < -0.39 is 0 Å². The van der Waals surface area contributed by atoms with E-state index in [1.54, 1.807) is 12.0 Å². The Labute approximate surface area is 108 Å². The molecule has 0 spiro atoms. The smallest absolute Gasteiger partial charge is 0.321 e. The van der Waals surface area contributed by atoms with Crippen LogP contribution in [0.2, 0.25) is 0 Å². The van der Waals surface area contributed by atoms with Crippen molar-refractivity contribution in [1.29, 1.82) is 0 Å². The molecule has 18 heavy (non-hydrogen) atoms. The van der Waals surface area contributed by atoms with Crippen LogP contribution < -0.4 is 15.8 Å². The molecule has 0 fully saturated rings. The van der Waals surface area contributed by atoms with Crippen molar-refractivity contribution in [2.24, 2.45) is 5.73 Å². The highest BCUT2D eigenvalue weighted by molar-refractivity contribution is 5.89. The van der Waals surface area contributed by atoms with Crippen molar-refractivity contribution in [1.82, 2.24) is 4.90 Å². The number of hydrogen-bond donors (Lipinski definition) is 2. The Hall–Kier alpha value is -1.75. The first-order valence-electron chi connectivity index (χ1n) is 6.11. The Morgan fingerprint density at radius 2 is 2.00 bits per heavy atom. The topological polar surface area (TPSA) is 67.6 Å². The lowest BCUT2D eigenvalue weighted by Gasteiger charge is -2.21. The van der Waals surface area contributed by atoms with E-state index in [1.807, 2.05) is 31.2 Å². The minimum Gasteiger partial charge on any atom is -0.497 e. The van der Waals surface area contributed by atoms with Crippen LogP contribution in [0.3, 0.4) is 0 Å². The number of carbonyl (C=O) groups excluding carboxylic acids is 1. The largest absolute Gasteiger partial charge is 0.497 e. The zero-order valence-electron chi connectivity index (χ0n) is 11.0. The highest BCUT2D eigenvalue weighted by Gasteiger charge is 2.11. The van der Waals surface area contributed by atoms with Crippen LogP contribution in [-0.2, 0) is 0 Å². The quantitative estimate of drug-likeness (QED) is 0.811. The van der Waals surface area contributed by atoms with Gasteiger partial charge >= 0.3 is 6.03 Å². The van der Waals surface area contributed by atoms with Crippen molar-refractivity contribution < 1.29 is 9.53 Å². The number of anilines is 1. The molecule has 0 radical (unpaired) electrons. The standard InChI is InChI=1S/C13H21N3O2/c1-3-9-16(10-8-14)13(17)15-11-4-6-12(18-2)7-5-11/h4-7H,3,8-10,14H2,1-2H3,(H,15,17). The van der Waals surface area contributed by atoms with E-state index in [-0.39, 0.29) is 6.03 Å². The fraction of sp³-hybridized carbons (Fsp3) is 0.462. The molecule has 0 aromatic heterocycles. The van der Waals surface area contributed by atoms with Gasteiger partial charge in [-0.3, -0.25) is 0 Å². The normalized spacial score (nSPS) is 9.94. The van der Waals surface area contributed by atoms with Gasteiger partial charge in [-0.05, 0) is 30.7 Å². The molecule has 0 heterocycles. The summed E-state index contributed by atoms with van der Waals surface area (Å²) in [5, 5.41) is 2.84. The number of urea groups is 1. The predicted molar refractivity (Wildman–Crippen MR) is 72.9 cm³/mol. The molecule has 100 valence electrons. The number of rotatable bonds is 6. The van der Waals surface area contributed by atoms with Crippen LogP contribution in [0.15, 0.2) is 24.3 Å². The minimum atomic E-state index is -0.118. The number of hydrogen-bond acceptors (Lipinski definition) is 3. The van der Waals surface area contributed by atoms with Crippen LogP contribution in [0, 0.1) is 0 Å². The van der Waals surface area contributed by atoms with Gasteiger partial charge in [-0.2, -0.15) is 0 Å². The lowest BCUT2D eigenvalue weighted by molar-refractivity contribution is 0.213. The van der Waals surface area contributed by atoms with Crippen molar-refractivity contribution in [2.45, 2.75) is 13.3 Å². The second kappa shape index (κ2) is 7.55. The van der Waals surface area contributed by atoms with Crippen molar-refractivity contribution in [3.05, 3.63) is 24.3 Å². The summed E-state index contributed by atoms with van der Waals surface area (Å²) in [6.07, 6.45) is 0.913. The Morgan fingerprint density at radius 3 is 2.50 bits per heavy atom. The van der Waals surface area contributed by atoms with Crippen molar-refractivity contribution >= 4 is 11.7 Å². The molecule has 5 heteroatoms. The van der Waals surface area contributed by atoms with Gasteiger partial charge in [-0.1, -0.05) is 6.92 Å². The molecule has 5 nitrogen and oxygen atoms in total. The van der Waals surface area contributed by atoms with Crippen LogP contribution >= 0.6 is 0 Å². The number of nitrogens with zero attached hydrogens (tertiary/aromatic N) is 1. The average Bonchev–Trinajstić information content (AvgIpc) is 2.39. The predicted octanol–water partition coefficient (Wildman–Crippen LogP) is 1.90. The number of methoxy groups -OCH3 is 1. The molecule has 0 aliphatic heterocycles. The van der Waals surface area contributed by atoms with Crippen LogP contribution in [0.25, 0.3) is 0 Å². The van der Waals surface area contributed by atoms with Crippen molar-refractivity contribution in [3.63, 3.8) is 0 Å². The molecule has 0 bridgehead atoms. The maximum absolute atomic E-state index is 12.0. The Kier molecular flexibility index (Phi) is 6.00. The van der Waals surface area contributed by atoms with Gasteiger partial charge in [0, 0.05) is 25.3 Å². The molecule has 3 N–H and O–H groups in total. The van der Waals surface area contributed by atoms with Gasteiger partial charge in [0.15, 0.2) is 0 Å². The first-order valence-corrected chi connectivity index (χ1v) is 6.11. The Morgan fingerprint density at radius 1 is 1.33 bits per heavy atom. The van der Waals surface area contributed by atoms with Crippen LogP contribution in [0.1, 0.15) is 13.3 Å². The van der Waals surface area contributed by atoms with E-state index in [1.165, 1.54) is 0 Å². The molecule has 2 amide bonds. The summed E-state index contributed by atoms with van der Waals surface area (Å²) in [5.74, 6) is 0.764. The monoisotopic (exact) mass is 251 g/mol. The molecule has 1 aromatic carbocycles. The number of carbonyl (C=O) groups is 1. The van der Waals surface area contributed by atoms with E-state index in [0.29, 0.717) is 19.6 Å². The molecule has 0 saturated carbocycles. The van der Waals surface area contributed by atoms with E-state index >= 15 is 0 Å². The Bertz CT molecular complexity index is 359. The lowest BCUT2D eigenvalue weighted by Crippen LogP contribution is -2.38. The number of benzene rings is 1. The summed E-state index contributed by atoms with van der Waals surface area (Å²) in [7, 11) is 1.61. The van der Waals surface area contributed by atoms with Gasteiger partial charge in [0.05, 0.1) is 7.11 Å². The van der Waals surface area contributed by atoms with Crippen LogP contribution in [-0.4, -0.2) is 37.7 Å². The second-order valence-electron chi connectivity index (χ2n) is 3.93. The van der Waals surface area contributed by atoms with E-state index in [4.69, 9.17) is 10.5 Å². The maximum atomic E-state index is 12.0. The van der Waals surface area contributed by atoms with E-state index in [0.717, 1.165) is 17.9 Å². The number of nitrogens with one attached hydrogen (secondary N) is 1. The van der Waals surface area contributed by atoms with E-state index in [9.17, 15) is 4.79 Å². The van der Waals surface area contributed by atoms with Crippen LogP contribution in [0.4, 0.5) is 10.5 Å². The van der Waals surface area contributed by atoms with Gasteiger partial charge < -0.3 is 20.7 Å². The molecule has 1 aromatic rings. The first-order chi connectivity index (χ1) is 8.71. The summed E-state index contributed by atoms with van der Waals surface area (Å²) in [6, 6.07) is 7.12. The molecule has 0 aliphatic carbocycles. The minimum absolute atomic E-state index is 0.118. The fourth-order valence-electron chi connectivity index (χ4n) is 1.62. The summed E-state index contributed by atoms with van der Waals surface area (Å²) < 4.78 is 5.06. The van der Waals surface area contributed by atoms with Gasteiger partial charge in [0.1, 0.15) is 5.75 Å². The maximum Gasteiger partial charge on any atom is 0.321 e. The third kappa shape index (κ3) is 4.25. The van der Waals surface area contributed by atoms with Gasteiger partial charge in [-0.15, -0.1) is 0 Å².